The van der Waals surface area contributed by atoms with Crippen LogP contribution >= 0.6 is 0 Å². The fourth-order valence-electron chi connectivity index (χ4n) is 3.48. The maximum absolute atomic E-state index is 12.0. The van der Waals surface area contributed by atoms with Crippen molar-refractivity contribution in [3.63, 3.8) is 0 Å². The number of carbonyl (C=O) groups excluding carboxylic acids is 2. The Morgan fingerprint density at radius 2 is 1.67 bits per heavy atom. The molecular weight excluding hydrogens is 272 g/mol. The molecule has 0 atom stereocenters. The topological polar surface area (TPSA) is 81.9 Å². The second kappa shape index (κ2) is 5.16. The average molecular weight is 298 g/mol. The number of rotatable bonds is 1. The van der Waals surface area contributed by atoms with Gasteiger partial charge in [-0.2, -0.15) is 0 Å². The molecule has 1 aliphatic carbocycles. The number of amides is 1. The predicted molar refractivity (Wildman–Crippen MR) is 77.6 cm³/mol. The molecule has 1 spiro atoms. The average Bonchev–Trinajstić information content (AvgIpc) is 2.34. The Morgan fingerprint density at radius 3 is 2.10 bits per heavy atom. The van der Waals surface area contributed by atoms with Gasteiger partial charge in [0.15, 0.2) is 0 Å². The van der Waals surface area contributed by atoms with E-state index in [1.54, 1.807) is 4.90 Å². The Kier molecular flexibility index (Phi) is 3.95. The van der Waals surface area contributed by atoms with Crippen molar-refractivity contribution in [2.45, 2.75) is 57.6 Å². The number of methoxy groups -OCH3 is 1. The van der Waals surface area contributed by atoms with E-state index in [2.05, 4.69) is 0 Å². The molecule has 1 saturated carbocycles. The van der Waals surface area contributed by atoms with Gasteiger partial charge in [0.25, 0.3) is 0 Å². The third-order valence-electron chi connectivity index (χ3n) is 4.45. The first-order valence-corrected chi connectivity index (χ1v) is 7.44. The predicted octanol–water partition coefficient (Wildman–Crippen LogP) is 1.67. The highest BCUT2D eigenvalue weighted by atomic mass is 16.6. The van der Waals surface area contributed by atoms with Crippen molar-refractivity contribution >= 4 is 12.1 Å². The van der Waals surface area contributed by atoms with Crippen molar-refractivity contribution in [3.8, 4) is 0 Å². The van der Waals surface area contributed by atoms with Gasteiger partial charge in [0.2, 0.25) is 0 Å². The summed E-state index contributed by atoms with van der Waals surface area (Å²) in [6.45, 7) is 6.91. The first kappa shape index (κ1) is 16.1. The summed E-state index contributed by atoms with van der Waals surface area (Å²) < 4.78 is 10.1. The molecule has 0 aromatic carbocycles. The molecule has 2 aliphatic rings. The van der Waals surface area contributed by atoms with Gasteiger partial charge in [-0.25, -0.2) is 4.79 Å². The van der Waals surface area contributed by atoms with E-state index in [9.17, 15) is 9.59 Å². The molecule has 1 saturated heterocycles. The number of hydrogen-bond donors (Lipinski definition) is 1. The van der Waals surface area contributed by atoms with E-state index in [0.717, 1.165) is 12.8 Å². The number of ether oxygens (including phenoxy) is 2. The van der Waals surface area contributed by atoms with Gasteiger partial charge in [0.1, 0.15) is 11.1 Å². The third kappa shape index (κ3) is 3.31. The Morgan fingerprint density at radius 1 is 1.14 bits per heavy atom. The lowest BCUT2D eigenvalue weighted by molar-refractivity contribution is -0.159. The van der Waals surface area contributed by atoms with Gasteiger partial charge in [-0.3, -0.25) is 4.79 Å². The second-order valence-corrected chi connectivity index (χ2v) is 7.47. The van der Waals surface area contributed by atoms with Crippen LogP contribution in [-0.2, 0) is 14.3 Å². The molecule has 120 valence electrons. The molecule has 1 heterocycles. The normalized spacial score (nSPS) is 23.4. The standard InChI is InChI=1S/C15H26N2O4/c1-13(2,3)21-12(19)17-7-5-14(6-8-17)9-15(16,10-14)11(18)20-4/h5-10,16H2,1-4H3. The van der Waals surface area contributed by atoms with Gasteiger partial charge in [-0.05, 0) is 51.9 Å². The van der Waals surface area contributed by atoms with E-state index >= 15 is 0 Å². The molecule has 0 aromatic rings. The fourth-order valence-corrected chi connectivity index (χ4v) is 3.48. The third-order valence-corrected chi connectivity index (χ3v) is 4.45. The molecule has 2 rings (SSSR count). The molecule has 2 fully saturated rings. The fraction of sp³-hybridized carbons (Fsp3) is 0.867. The molecule has 2 N–H and O–H groups in total. The Balaban J connectivity index is 1.85. The van der Waals surface area contributed by atoms with Crippen LogP contribution in [-0.4, -0.2) is 48.3 Å². The first-order chi connectivity index (χ1) is 9.59. The lowest BCUT2D eigenvalue weighted by Gasteiger charge is -2.55. The first-order valence-electron chi connectivity index (χ1n) is 7.44. The van der Waals surface area contributed by atoms with Crippen LogP contribution in [0.2, 0.25) is 0 Å². The van der Waals surface area contributed by atoms with Gasteiger partial charge < -0.3 is 20.1 Å². The van der Waals surface area contributed by atoms with E-state index in [4.69, 9.17) is 15.2 Å². The van der Waals surface area contributed by atoms with Crippen LogP contribution in [0.1, 0.15) is 46.5 Å². The van der Waals surface area contributed by atoms with E-state index < -0.39 is 11.1 Å². The molecule has 0 radical (unpaired) electrons. The lowest BCUT2D eigenvalue weighted by Crippen LogP contribution is -2.65. The maximum atomic E-state index is 12.0. The molecule has 6 heteroatoms. The summed E-state index contributed by atoms with van der Waals surface area (Å²) in [5.41, 5.74) is 4.84. The van der Waals surface area contributed by atoms with E-state index in [1.165, 1.54) is 7.11 Å². The molecule has 1 aliphatic heterocycles. The summed E-state index contributed by atoms with van der Waals surface area (Å²) >= 11 is 0. The molecule has 6 nitrogen and oxygen atoms in total. The highest BCUT2D eigenvalue weighted by molar-refractivity contribution is 5.82. The van der Waals surface area contributed by atoms with Crippen LogP contribution in [0.5, 0.6) is 0 Å². The van der Waals surface area contributed by atoms with Crippen molar-refractivity contribution in [2.24, 2.45) is 11.1 Å². The van der Waals surface area contributed by atoms with Crippen LogP contribution in [0.15, 0.2) is 0 Å². The maximum Gasteiger partial charge on any atom is 0.410 e. The summed E-state index contributed by atoms with van der Waals surface area (Å²) in [6.07, 6.45) is 2.76. The van der Waals surface area contributed by atoms with Crippen molar-refractivity contribution in [1.82, 2.24) is 4.90 Å². The van der Waals surface area contributed by atoms with Gasteiger partial charge >= 0.3 is 12.1 Å². The smallest absolute Gasteiger partial charge is 0.410 e. The van der Waals surface area contributed by atoms with Crippen LogP contribution in [0.4, 0.5) is 4.79 Å². The van der Waals surface area contributed by atoms with E-state index in [1.807, 2.05) is 20.8 Å². The number of hydrogen-bond acceptors (Lipinski definition) is 5. The van der Waals surface area contributed by atoms with Gasteiger partial charge in [0.05, 0.1) is 7.11 Å². The number of likely N-dealkylation sites (tertiary alicyclic amines) is 1. The lowest BCUT2D eigenvalue weighted by atomic mass is 9.54. The summed E-state index contributed by atoms with van der Waals surface area (Å²) in [5.74, 6) is -0.331. The number of nitrogens with two attached hydrogens (primary N) is 1. The van der Waals surface area contributed by atoms with Gasteiger partial charge in [-0.15, -0.1) is 0 Å². The second-order valence-electron chi connectivity index (χ2n) is 7.47. The van der Waals surface area contributed by atoms with Crippen molar-refractivity contribution < 1.29 is 19.1 Å². The van der Waals surface area contributed by atoms with Crippen LogP contribution < -0.4 is 5.73 Å². The molecular formula is C15H26N2O4. The van der Waals surface area contributed by atoms with Crippen LogP contribution in [0.25, 0.3) is 0 Å². The minimum absolute atomic E-state index is 0.0848. The summed E-state index contributed by atoms with van der Waals surface area (Å²) in [6, 6.07) is 0. The Hall–Kier alpha value is -1.30. The number of nitrogens with zero attached hydrogens (tertiary/aromatic N) is 1. The molecule has 1 amide bonds. The van der Waals surface area contributed by atoms with Crippen LogP contribution in [0.3, 0.4) is 0 Å². The van der Waals surface area contributed by atoms with Crippen LogP contribution in [0, 0.1) is 5.41 Å². The molecule has 21 heavy (non-hydrogen) atoms. The molecule has 0 aromatic heterocycles. The minimum Gasteiger partial charge on any atom is -0.468 e. The summed E-state index contributed by atoms with van der Waals surface area (Å²) in [5, 5.41) is 0. The molecule has 0 unspecified atom stereocenters. The highest BCUT2D eigenvalue weighted by Crippen LogP contribution is 2.54. The minimum atomic E-state index is -0.831. The highest BCUT2D eigenvalue weighted by Gasteiger charge is 2.58. The Labute approximate surface area is 125 Å². The summed E-state index contributed by atoms with van der Waals surface area (Å²) in [7, 11) is 1.37. The number of carbonyl (C=O) groups is 2. The zero-order chi connectivity index (χ0) is 15.9. The monoisotopic (exact) mass is 298 g/mol. The largest absolute Gasteiger partial charge is 0.468 e. The zero-order valence-electron chi connectivity index (χ0n) is 13.4. The quantitative estimate of drug-likeness (QED) is 0.745. The van der Waals surface area contributed by atoms with E-state index in [-0.39, 0.29) is 17.5 Å². The summed E-state index contributed by atoms with van der Waals surface area (Å²) in [4.78, 5) is 25.4. The Bertz CT molecular complexity index is 425. The van der Waals surface area contributed by atoms with E-state index in [0.29, 0.717) is 25.9 Å². The SMILES string of the molecule is COC(=O)C1(N)CC2(CCN(C(=O)OC(C)(C)C)CC2)C1. The van der Waals surface area contributed by atoms with Gasteiger partial charge in [0, 0.05) is 13.1 Å². The van der Waals surface area contributed by atoms with Crippen molar-refractivity contribution in [1.29, 1.82) is 0 Å². The van der Waals surface area contributed by atoms with Crippen molar-refractivity contribution in [2.75, 3.05) is 20.2 Å². The number of piperidine rings is 1. The number of esters is 1. The van der Waals surface area contributed by atoms with Crippen molar-refractivity contribution in [3.05, 3.63) is 0 Å². The van der Waals surface area contributed by atoms with Gasteiger partial charge in [-0.1, -0.05) is 0 Å². The molecule has 0 bridgehead atoms. The zero-order valence-corrected chi connectivity index (χ0v) is 13.4.